The standard InChI is InChI=1S/C21H25ClN2O4S/c22-19-14-18(29(26,27)24-17-8-4-5-9-17)10-11-20(19)28-15-21(25)23-13-12-16-6-2-1-3-7-16/h1-3,6-7,10-11,14,17,24H,4-5,8-9,12-13,15H2,(H,23,25). The van der Waals surface area contributed by atoms with Gasteiger partial charge in [-0.3, -0.25) is 4.79 Å². The number of sulfonamides is 1. The Hall–Kier alpha value is -2.09. The zero-order valence-corrected chi connectivity index (χ0v) is 17.6. The van der Waals surface area contributed by atoms with Gasteiger partial charge >= 0.3 is 0 Å². The SMILES string of the molecule is O=C(COc1ccc(S(=O)(=O)NC2CCCC2)cc1Cl)NCCc1ccccc1. The third-order valence-corrected chi connectivity index (χ3v) is 6.64. The minimum atomic E-state index is -3.62. The first-order valence-electron chi connectivity index (χ1n) is 9.69. The molecule has 0 aliphatic heterocycles. The van der Waals surface area contributed by atoms with Crippen LogP contribution in [-0.4, -0.2) is 33.5 Å². The van der Waals surface area contributed by atoms with Gasteiger partial charge in [0.15, 0.2) is 6.61 Å². The zero-order valence-electron chi connectivity index (χ0n) is 16.1. The van der Waals surface area contributed by atoms with Crippen molar-refractivity contribution in [2.24, 2.45) is 0 Å². The van der Waals surface area contributed by atoms with E-state index >= 15 is 0 Å². The van der Waals surface area contributed by atoms with Crippen molar-refractivity contribution in [2.45, 2.75) is 43.0 Å². The third kappa shape index (κ3) is 6.45. The van der Waals surface area contributed by atoms with E-state index in [9.17, 15) is 13.2 Å². The van der Waals surface area contributed by atoms with Gasteiger partial charge < -0.3 is 10.1 Å². The Morgan fingerprint density at radius 2 is 1.83 bits per heavy atom. The Labute approximate surface area is 176 Å². The summed E-state index contributed by atoms with van der Waals surface area (Å²) < 4.78 is 33.1. The van der Waals surface area contributed by atoms with Crippen LogP contribution < -0.4 is 14.8 Å². The molecule has 8 heteroatoms. The van der Waals surface area contributed by atoms with Crippen molar-refractivity contribution in [3.63, 3.8) is 0 Å². The molecular weight excluding hydrogens is 412 g/mol. The van der Waals surface area contributed by atoms with Gasteiger partial charge in [-0.25, -0.2) is 13.1 Å². The maximum Gasteiger partial charge on any atom is 0.257 e. The van der Waals surface area contributed by atoms with Crippen molar-refractivity contribution < 1.29 is 17.9 Å². The summed E-state index contributed by atoms with van der Waals surface area (Å²) in [6.45, 7) is 0.310. The summed E-state index contributed by atoms with van der Waals surface area (Å²) in [5.74, 6) is 0.00119. The minimum absolute atomic E-state index is 0.0192. The molecule has 0 heterocycles. The molecule has 0 radical (unpaired) electrons. The molecule has 1 fully saturated rings. The lowest BCUT2D eigenvalue weighted by Gasteiger charge is -2.14. The zero-order chi connectivity index (χ0) is 20.7. The van der Waals surface area contributed by atoms with E-state index in [-0.39, 0.29) is 34.2 Å². The number of hydrogen-bond acceptors (Lipinski definition) is 4. The van der Waals surface area contributed by atoms with Gasteiger partial charge in [-0.1, -0.05) is 54.8 Å². The fourth-order valence-electron chi connectivity index (χ4n) is 3.28. The van der Waals surface area contributed by atoms with Gasteiger partial charge in [0.2, 0.25) is 10.0 Å². The summed E-state index contributed by atoms with van der Waals surface area (Å²) in [5, 5.41) is 2.93. The summed E-state index contributed by atoms with van der Waals surface area (Å²) in [7, 11) is -3.62. The lowest BCUT2D eigenvalue weighted by Crippen LogP contribution is -2.32. The van der Waals surface area contributed by atoms with E-state index in [4.69, 9.17) is 16.3 Å². The highest BCUT2D eigenvalue weighted by Crippen LogP contribution is 2.28. The van der Waals surface area contributed by atoms with Gasteiger partial charge in [-0.05, 0) is 43.0 Å². The number of nitrogens with one attached hydrogen (secondary N) is 2. The molecule has 0 bridgehead atoms. The second-order valence-electron chi connectivity index (χ2n) is 7.07. The molecule has 0 saturated heterocycles. The van der Waals surface area contributed by atoms with E-state index in [0.717, 1.165) is 37.7 Å². The van der Waals surface area contributed by atoms with Crippen LogP contribution in [0.4, 0.5) is 0 Å². The lowest BCUT2D eigenvalue weighted by molar-refractivity contribution is -0.123. The minimum Gasteiger partial charge on any atom is -0.482 e. The first-order chi connectivity index (χ1) is 13.9. The van der Waals surface area contributed by atoms with Gasteiger partial charge in [0.25, 0.3) is 5.91 Å². The van der Waals surface area contributed by atoms with Crippen molar-refractivity contribution >= 4 is 27.5 Å². The van der Waals surface area contributed by atoms with Crippen LogP contribution in [0.1, 0.15) is 31.2 Å². The Balaban J connectivity index is 1.49. The van der Waals surface area contributed by atoms with Crippen LogP contribution in [0, 0.1) is 0 Å². The Kier molecular flexibility index (Phi) is 7.52. The third-order valence-electron chi connectivity index (χ3n) is 4.83. The Bertz CT molecular complexity index is 929. The topological polar surface area (TPSA) is 84.5 Å². The molecule has 1 amide bonds. The monoisotopic (exact) mass is 436 g/mol. The van der Waals surface area contributed by atoms with Gasteiger partial charge in [0, 0.05) is 12.6 Å². The average molecular weight is 437 g/mol. The highest BCUT2D eigenvalue weighted by atomic mass is 35.5. The molecule has 2 aromatic carbocycles. The number of carbonyl (C=O) groups is 1. The number of benzene rings is 2. The molecule has 1 saturated carbocycles. The summed E-state index contributed by atoms with van der Waals surface area (Å²) in [6, 6.07) is 14.1. The first kappa shape index (κ1) is 21.6. The van der Waals surface area contributed by atoms with Gasteiger partial charge in [0.05, 0.1) is 9.92 Å². The predicted octanol–water partition coefficient (Wildman–Crippen LogP) is 3.30. The fourth-order valence-corrected chi connectivity index (χ4v) is 4.91. The number of ether oxygens (including phenoxy) is 1. The van der Waals surface area contributed by atoms with Crippen molar-refractivity contribution in [3.8, 4) is 5.75 Å². The van der Waals surface area contributed by atoms with Gasteiger partial charge in [-0.2, -0.15) is 0 Å². The van der Waals surface area contributed by atoms with Crippen molar-refractivity contribution in [1.29, 1.82) is 0 Å². The van der Waals surface area contributed by atoms with E-state index in [1.165, 1.54) is 18.2 Å². The summed E-state index contributed by atoms with van der Waals surface area (Å²) in [5.41, 5.74) is 1.14. The molecule has 29 heavy (non-hydrogen) atoms. The normalized spacial score (nSPS) is 14.7. The number of carbonyl (C=O) groups excluding carboxylic acids is 1. The van der Waals surface area contributed by atoms with Gasteiger partial charge in [-0.15, -0.1) is 0 Å². The molecule has 2 aromatic rings. The van der Waals surface area contributed by atoms with Crippen LogP contribution in [0.5, 0.6) is 5.75 Å². The van der Waals surface area contributed by atoms with Crippen molar-refractivity contribution in [3.05, 3.63) is 59.1 Å². The lowest BCUT2D eigenvalue weighted by atomic mass is 10.1. The highest BCUT2D eigenvalue weighted by molar-refractivity contribution is 7.89. The smallest absolute Gasteiger partial charge is 0.257 e. The summed E-state index contributed by atoms with van der Waals surface area (Å²) >= 11 is 6.17. The van der Waals surface area contributed by atoms with Crippen LogP contribution in [0.3, 0.4) is 0 Å². The van der Waals surface area contributed by atoms with E-state index in [2.05, 4.69) is 10.0 Å². The quantitative estimate of drug-likeness (QED) is 0.631. The largest absolute Gasteiger partial charge is 0.482 e. The fraction of sp³-hybridized carbons (Fsp3) is 0.381. The molecule has 156 valence electrons. The number of rotatable bonds is 9. The van der Waals surface area contributed by atoms with Crippen LogP contribution in [0.25, 0.3) is 0 Å². The Morgan fingerprint density at radius 3 is 2.52 bits per heavy atom. The van der Waals surface area contributed by atoms with E-state index < -0.39 is 10.0 Å². The molecular formula is C21H25ClN2O4S. The maximum absolute atomic E-state index is 12.5. The van der Waals surface area contributed by atoms with Crippen molar-refractivity contribution in [1.82, 2.24) is 10.0 Å². The van der Waals surface area contributed by atoms with Crippen molar-refractivity contribution in [2.75, 3.05) is 13.2 Å². The maximum atomic E-state index is 12.5. The number of halogens is 1. The van der Waals surface area contributed by atoms with E-state index in [1.807, 2.05) is 30.3 Å². The van der Waals surface area contributed by atoms with Crippen LogP contribution in [-0.2, 0) is 21.2 Å². The average Bonchev–Trinajstić information content (AvgIpc) is 3.20. The van der Waals surface area contributed by atoms with Gasteiger partial charge in [0.1, 0.15) is 5.75 Å². The molecule has 3 rings (SSSR count). The van der Waals surface area contributed by atoms with Crippen LogP contribution in [0.2, 0.25) is 5.02 Å². The Morgan fingerprint density at radius 1 is 1.10 bits per heavy atom. The molecule has 6 nitrogen and oxygen atoms in total. The molecule has 2 N–H and O–H groups in total. The number of hydrogen-bond donors (Lipinski definition) is 2. The summed E-state index contributed by atoms with van der Waals surface area (Å²) in [6.07, 6.45) is 4.51. The molecule has 0 unspecified atom stereocenters. The van der Waals surface area contributed by atoms with E-state index in [1.54, 1.807) is 0 Å². The second kappa shape index (κ2) is 10.1. The molecule has 0 spiro atoms. The number of amides is 1. The molecule has 1 aliphatic rings. The van der Waals surface area contributed by atoms with Crippen LogP contribution >= 0.6 is 11.6 Å². The highest BCUT2D eigenvalue weighted by Gasteiger charge is 2.23. The second-order valence-corrected chi connectivity index (χ2v) is 9.19. The van der Waals surface area contributed by atoms with Crippen LogP contribution in [0.15, 0.2) is 53.4 Å². The van der Waals surface area contributed by atoms with E-state index in [0.29, 0.717) is 6.54 Å². The summed E-state index contributed by atoms with van der Waals surface area (Å²) in [4.78, 5) is 12.0. The first-order valence-corrected chi connectivity index (χ1v) is 11.6. The predicted molar refractivity (Wildman–Crippen MR) is 113 cm³/mol. The molecule has 0 aromatic heterocycles. The molecule has 0 atom stereocenters. The molecule has 1 aliphatic carbocycles.